The second-order valence-corrected chi connectivity index (χ2v) is 11.0. The molecule has 2 aliphatic carbocycles. The first-order chi connectivity index (χ1) is 19.0. The molecule has 0 bridgehead atoms. The predicted octanol–water partition coefficient (Wildman–Crippen LogP) is 6.35. The second kappa shape index (κ2) is 11.1. The predicted molar refractivity (Wildman–Crippen MR) is 142 cm³/mol. The number of fused-ring (bicyclic) bond motifs is 2. The number of carbonyl (C=O) groups is 1. The largest absolute Gasteiger partial charge is 0.454 e. The summed E-state index contributed by atoms with van der Waals surface area (Å²) in [5.41, 5.74) is 1.29. The molecule has 208 valence electrons. The van der Waals surface area contributed by atoms with E-state index in [1.165, 1.54) is 6.42 Å². The lowest BCUT2D eigenvalue weighted by Gasteiger charge is -2.32. The Bertz CT molecular complexity index is 1350. The number of nitrogens with zero attached hydrogens (tertiary/aromatic N) is 2. The molecule has 2 aromatic carbocycles. The zero-order chi connectivity index (χ0) is 26.9. The van der Waals surface area contributed by atoms with Crippen LogP contribution < -0.4 is 14.8 Å². The van der Waals surface area contributed by atoms with E-state index >= 15 is 0 Å². The lowest BCUT2D eigenvalue weighted by molar-refractivity contribution is -0.124. The van der Waals surface area contributed by atoms with Gasteiger partial charge in [0.15, 0.2) is 23.1 Å². The molecule has 7 nitrogen and oxygen atoms in total. The summed E-state index contributed by atoms with van der Waals surface area (Å²) in [4.78, 5) is 19.0. The van der Waals surface area contributed by atoms with Gasteiger partial charge in [-0.25, -0.2) is 13.8 Å². The zero-order valence-electron chi connectivity index (χ0n) is 22.3. The van der Waals surface area contributed by atoms with Gasteiger partial charge in [-0.05, 0) is 49.3 Å². The van der Waals surface area contributed by atoms with Gasteiger partial charge >= 0.3 is 0 Å². The number of hydrogen-bond donors (Lipinski definition) is 1. The van der Waals surface area contributed by atoms with E-state index in [9.17, 15) is 13.6 Å². The summed E-state index contributed by atoms with van der Waals surface area (Å²) >= 11 is 0. The Morgan fingerprint density at radius 3 is 2.41 bits per heavy atom. The average molecular weight is 540 g/mol. The quantitative estimate of drug-likeness (QED) is 0.379. The van der Waals surface area contributed by atoms with Crippen LogP contribution >= 0.6 is 0 Å². The fraction of sp³-hybridized carbons (Fsp3) is 0.533. The lowest BCUT2D eigenvalue weighted by Crippen LogP contribution is -2.41. The van der Waals surface area contributed by atoms with E-state index in [0.717, 1.165) is 69.9 Å². The number of benzene rings is 2. The molecule has 39 heavy (non-hydrogen) atoms. The Kier molecular flexibility index (Phi) is 7.42. The molecule has 2 heterocycles. The average Bonchev–Trinajstić information content (AvgIpc) is 3.56. The van der Waals surface area contributed by atoms with Crippen molar-refractivity contribution in [3.8, 4) is 11.5 Å². The third-order valence-corrected chi connectivity index (χ3v) is 8.52. The molecule has 6 rings (SSSR count). The van der Waals surface area contributed by atoms with Gasteiger partial charge in [0.25, 0.3) is 0 Å². The second-order valence-electron chi connectivity index (χ2n) is 11.0. The Morgan fingerprint density at radius 2 is 1.67 bits per heavy atom. The first-order valence-electron chi connectivity index (χ1n) is 14.1. The molecular weight excluding hydrogens is 504 g/mol. The number of imidazole rings is 1. The first kappa shape index (κ1) is 26.0. The fourth-order valence-electron chi connectivity index (χ4n) is 6.55. The monoisotopic (exact) mass is 539 g/mol. The number of methoxy groups -OCH3 is 1. The minimum Gasteiger partial charge on any atom is -0.454 e. The minimum atomic E-state index is -0.987. The van der Waals surface area contributed by atoms with Gasteiger partial charge in [-0.15, -0.1) is 0 Å². The molecule has 2 atom stereocenters. The van der Waals surface area contributed by atoms with Crippen LogP contribution in [0.1, 0.15) is 87.7 Å². The minimum absolute atomic E-state index is 0.0618. The highest BCUT2D eigenvalue weighted by Crippen LogP contribution is 2.41. The van der Waals surface area contributed by atoms with Crippen molar-refractivity contribution in [2.24, 2.45) is 5.92 Å². The molecule has 0 radical (unpaired) electrons. The van der Waals surface area contributed by atoms with Crippen LogP contribution in [0.15, 0.2) is 30.3 Å². The third-order valence-electron chi connectivity index (χ3n) is 8.52. The molecule has 0 saturated heterocycles. The summed E-state index contributed by atoms with van der Waals surface area (Å²) < 4.78 is 48.1. The van der Waals surface area contributed by atoms with E-state index in [2.05, 4.69) is 5.32 Å². The van der Waals surface area contributed by atoms with E-state index in [0.29, 0.717) is 28.4 Å². The van der Waals surface area contributed by atoms with Crippen LogP contribution in [-0.4, -0.2) is 35.4 Å². The topological polar surface area (TPSA) is 74.6 Å². The van der Waals surface area contributed by atoms with Crippen LogP contribution in [0.2, 0.25) is 0 Å². The van der Waals surface area contributed by atoms with Crippen LogP contribution in [0.3, 0.4) is 0 Å². The standard InChI is InChI=1S/C30H35F2N3O4/c1-37-28(18-8-4-2-5-9-18)29-34-23-15-21(31)22(32)16-24(23)35(29)27(30(36)33-20-10-6-3-7-11-20)19-12-13-25-26(14-19)39-17-38-25/h12-16,18,20,27-28H,2-11,17H2,1H3,(H,33,36). The molecule has 1 aliphatic heterocycles. The van der Waals surface area contributed by atoms with Gasteiger partial charge in [-0.3, -0.25) is 4.79 Å². The molecule has 0 spiro atoms. The number of carbonyl (C=O) groups excluding carboxylic acids is 1. The normalized spacial score (nSPS) is 19.8. The number of aromatic nitrogens is 2. The summed E-state index contributed by atoms with van der Waals surface area (Å²) in [7, 11) is 1.64. The summed E-state index contributed by atoms with van der Waals surface area (Å²) in [6.45, 7) is 0.106. The van der Waals surface area contributed by atoms with Crippen LogP contribution in [0.25, 0.3) is 11.0 Å². The van der Waals surface area contributed by atoms with Gasteiger partial charge in [0.05, 0.1) is 11.0 Å². The Balaban J connectivity index is 1.52. The van der Waals surface area contributed by atoms with E-state index < -0.39 is 23.8 Å². The summed E-state index contributed by atoms with van der Waals surface area (Å²) in [6.07, 6.45) is 9.97. The van der Waals surface area contributed by atoms with Crippen molar-refractivity contribution in [3.63, 3.8) is 0 Å². The summed E-state index contributed by atoms with van der Waals surface area (Å²) in [6, 6.07) is 6.82. The maximum atomic E-state index is 14.7. The van der Waals surface area contributed by atoms with Crippen molar-refractivity contribution in [1.29, 1.82) is 0 Å². The Labute approximate surface area is 226 Å². The molecule has 2 fully saturated rings. The van der Waals surface area contributed by atoms with Crippen molar-refractivity contribution < 1.29 is 27.8 Å². The Morgan fingerprint density at radius 1 is 0.974 bits per heavy atom. The number of amides is 1. The lowest BCUT2D eigenvalue weighted by atomic mass is 9.84. The van der Waals surface area contributed by atoms with Crippen LogP contribution in [-0.2, 0) is 9.53 Å². The number of nitrogens with one attached hydrogen (secondary N) is 1. The first-order valence-corrected chi connectivity index (χ1v) is 14.1. The number of halogens is 2. The molecule has 1 N–H and O–H groups in total. The van der Waals surface area contributed by atoms with Crippen molar-refractivity contribution in [1.82, 2.24) is 14.9 Å². The van der Waals surface area contributed by atoms with Gasteiger partial charge in [0, 0.05) is 25.3 Å². The van der Waals surface area contributed by atoms with Crippen molar-refractivity contribution in [2.45, 2.75) is 82.4 Å². The number of ether oxygens (including phenoxy) is 3. The van der Waals surface area contributed by atoms with Crippen LogP contribution in [0, 0.1) is 17.6 Å². The van der Waals surface area contributed by atoms with Crippen LogP contribution in [0.5, 0.6) is 11.5 Å². The van der Waals surface area contributed by atoms with Crippen molar-refractivity contribution in [2.75, 3.05) is 13.9 Å². The van der Waals surface area contributed by atoms with E-state index in [4.69, 9.17) is 19.2 Å². The SMILES string of the molecule is COC(c1nc2cc(F)c(F)cc2n1C(C(=O)NC1CCCCC1)c1ccc2c(c1)OCO2)C1CCCCC1. The van der Waals surface area contributed by atoms with E-state index in [1.807, 2.05) is 6.07 Å². The fourth-order valence-corrected chi connectivity index (χ4v) is 6.55. The maximum absolute atomic E-state index is 14.7. The molecule has 1 aromatic heterocycles. The molecule has 1 amide bonds. The van der Waals surface area contributed by atoms with Crippen LogP contribution in [0.4, 0.5) is 8.78 Å². The van der Waals surface area contributed by atoms with Crippen molar-refractivity contribution in [3.05, 3.63) is 53.4 Å². The van der Waals surface area contributed by atoms with Gasteiger partial charge in [0.1, 0.15) is 18.0 Å². The maximum Gasteiger partial charge on any atom is 0.247 e. The molecular formula is C30H35F2N3O4. The van der Waals surface area contributed by atoms with Gasteiger partial charge < -0.3 is 24.1 Å². The van der Waals surface area contributed by atoms with Gasteiger partial charge in [0.2, 0.25) is 12.7 Å². The van der Waals surface area contributed by atoms with Gasteiger partial charge in [-0.1, -0.05) is 44.6 Å². The third kappa shape index (κ3) is 5.09. The van der Waals surface area contributed by atoms with E-state index in [-0.39, 0.29) is 30.2 Å². The Hall–Kier alpha value is -3.20. The number of hydrogen-bond acceptors (Lipinski definition) is 5. The smallest absolute Gasteiger partial charge is 0.247 e. The molecule has 3 aromatic rings. The van der Waals surface area contributed by atoms with E-state index in [1.54, 1.807) is 23.8 Å². The summed E-state index contributed by atoms with van der Waals surface area (Å²) in [5, 5.41) is 3.26. The molecule has 3 aliphatic rings. The molecule has 2 unspecified atom stereocenters. The summed E-state index contributed by atoms with van der Waals surface area (Å²) in [5.74, 6) is -0.341. The zero-order valence-corrected chi connectivity index (χ0v) is 22.3. The highest BCUT2D eigenvalue weighted by molar-refractivity contribution is 5.87. The highest BCUT2D eigenvalue weighted by atomic mass is 19.2. The molecule has 2 saturated carbocycles. The van der Waals surface area contributed by atoms with Crippen molar-refractivity contribution >= 4 is 16.9 Å². The highest BCUT2D eigenvalue weighted by Gasteiger charge is 2.36. The van der Waals surface area contributed by atoms with Gasteiger partial charge in [-0.2, -0.15) is 0 Å². The molecule has 9 heteroatoms. The number of rotatable bonds is 7.